The van der Waals surface area contributed by atoms with E-state index in [-0.39, 0.29) is 5.56 Å². The maximum absolute atomic E-state index is 10.8. The molecule has 10 heavy (non-hydrogen) atoms. The molecule has 0 saturated carbocycles. The third kappa shape index (κ3) is 1.72. The molecule has 0 spiro atoms. The normalized spacial score (nSPS) is 9.80. The second-order valence-electron chi connectivity index (χ2n) is 1.56. The summed E-state index contributed by atoms with van der Waals surface area (Å²) >= 11 is 3.36. The van der Waals surface area contributed by atoms with Gasteiger partial charge < -0.3 is 4.98 Å². The number of rotatable bonds is 1. The lowest BCUT2D eigenvalue weighted by molar-refractivity contribution is 0.928. The third-order valence-corrected chi connectivity index (χ3v) is 2.29. The fourth-order valence-corrected chi connectivity index (χ4v) is 1.10. The van der Waals surface area contributed by atoms with Crippen molar-refractivity contribution in [3.8, 4) is 0 Å². The summed E-state index contributed by atoms with van der Waals surface area (Å²) in [6.07, 6.45) is 3.52. The average Bonchev–Trinajstić information content (AvgIpc) is 1.95. The van der Waals surface area contributed by atoms with Crippen molar-refractivity contribution in [3.63, 3.8) is 0 Å². The number of nitrogens with one attached hydrogen (secondary N) is 1. The van der Waals surface area contributed by atoms with Crippen LogP contribution < -0.4 is 5.56 Å². The van der Waals surface area contributed by atoms with E-state index in [1.165, 1.54) is 11.8 Å². The molecular formula is C5H5IN2OS. The number of aromatic nitrogens is 2. The molecule has 0 aliphatic rings. The summed E-state index contributed by atoms with van der Waals surface area (Å²) in [5, 5.41) is 0.658. The molecule has 54 valence electrons. The van der Waals surface area contributed by atoms with Crippen LogP contribution in [-0.2, 0) is 0 Å². The van der Waals surface area contributed by atoms with E-state index in [0.29, 0.717) is 8.73 Å². The highest BCUT2D eigenvalue weighted by Crippen LogP contribution is 2.04. The largest absolute Gasteiger partial charge is 0.340 e. The molecular weight excluding hydrogens is 263 g/mol. The molecule has 1 N–H and O–H groups in total. The van der Waals surface area contributed by atoms with Crippen LogP contribution in [0.25, 0.3) is 0 Å². The third-order valence-electron chi connectivity index (χ3n) is 0.923. The molecule has 0 aromatic carbocycles. The minimum Gasteiger partial charge on any atom is -0.340 e. The van der Waals surface area contributed by atoms with Gasteiger partial charge in [0.2, 0.25) is 0 Å². The van der Waals surface area contributed by atoms with Gasteiger partial charge in [0, 0.05) is 6.20 Å². The first kappa shape index (κ1) is 8.06. The molecule has 1 aromatic heterocycles. The van der Waals surface area contributed by atoms with Crippen molar-refractivity contribution < 1.29 is 0 Å². The average molecular weight is 268 g/mol. The molecule has 0 saturated heterocycles. The molecule has 3 nitrogen and oxygen atoms in total. The molecule has 1 rings (SSSR count). The standard InChI is InChI=1S/C5H5IN2OS/c1-10-5-7-2-3(6)4(9)8-5/h2H,1H3,(H,7,8,9). The van der Waals surface area contributed by atoms with E-state index in [0.717, 1.165) is 0 Å². The van der Waals surface area contributed by atoms with Crippen LogP contribution in [0.15, 0.2) is 16.1 Å². The lowest BCUT2D eigenvalue weighted by Gasteiger charge is -1.92. The van der Waals surface area contributed by atoms with Crippen LogP contribution >= 0.6 is 34.4 Å². The number of nitrogens with zero attached hydrogens (tertiary/aromatic N) is 1. The van der Waals surface area contributed by atoms with Crippen LogP contribution in [0.3, 0.4) is 0 Å². The van der Waals surface area contributed by atoms with Crippen molar-refractivity contribution in [1.82, 2.24) is 9.97 Å². The molecule has 0 amide bonds. The van der Waals surface area contributed by atoms with Crippen LogP contribution in [0.2, 0.25) is 0 Å². The predicted molar refractivity (Wildman–Crippen MR) is 49.4 cm³/mol. The van der Waals surface area contributed by atoms with Gasteiger partial charge in [-0.1, -0.05) is 11.8 Å². The Morgan fingerprint density at radius 2 is 2.50 bits per heavy atom. The number of thioether (sulfide) groups is 1. The van der Waals surface area contributed by atoms with Gasteiger partial charge in [0.15, 0.2) is 5.16 Å². The van der Waals surface area contributed by atoms with Crippen molar-refractivity contribution in [2.45, 2.75) is 5.16 Å². The SMILES string of the molecule is CSc1nc(=O)c(I)c[nH]1. The Kier molecular flexibility index (Phi) is 2.72. The molecule has 0 aliphatic carbocycles. The van der Waals surface area contributed by atoms with Gasteiger partial charge in [-0.25, -0.2) is 0 Å². The fraction of sp³-hybridized carbons (Fsp3) is 0.200. The fourth-order valence-electron chi connectivity index (χ4n) is 0.469. The van der Waals surface area contributed by atoms with Gasteiger partial charge in [0.1, 0.15) is 0 Å². The highest BCUT2D eigenvalue weighted by Gasteiger charge is 1.96. The lowest BCUT2D eigenvalue weighted by atomic mass is 10.7. The van der Waals surface area contributed by atoms with Gasteiger partial charge in [0.25, 0.3) is 5.56 Å². The highest BCUT2D eigenvalue weighted by atomic mass is 127. The zero-order chi connectivity index (χ0) is 7.56. The van der Waals surface area contributed by atoms with Crippen molar-refractivity contribution in [3.05, 3.63) is 20.1 Å². The molecule has 0 atom stereocenters. The van der Waals surface area contributed by atoms with E-state index in [1.807, 2.05) is 28.8 Å². The second kappa shape index (κ2) is 3.38. The van der Waals surface area contributed by atoms with E-state index in [4.69, 9.17) is 0 Å². The van der Waals surface area contributed by atoms with Gasteiger partial charge in [-0.3, -0.25) is 4.79 Å². The van der Waals surface area contributed by atoms with E-state index in [1.54, 1.807) is 6.20 Å². The smallest absolute Gasteiger partial charge is 0.287 e. The lowest BCUT2D eigenvalue weighted by Crippen LogP contribution is -2.10. The Hall–Kier alpha value is -0.0400. The first-order valence-corrected chi connectivity index (χ1v) is 4.83. The molecule has 1 aromatic rings. The minimum atomic E-state index is -0.163. The Morgan fingerprint density at radius 1 is 1.80 bits per heavy atom. The number of hydrogen-bond donors (Lipinski definition) is 1. The number of aromatic amines is 1. The number of H-pyrrole nitrogens is 1. The zero-order valence-electron chi connectivity index (χ0n) is 5.22. The van der Waals surface area contributed by atoms with Crippen molar-refractivity contribution in [2.24, 2.45) is 0 Å². The van der Waals surface area contributed by atoms with Gasteiger partial charge in [-0.15, -0.1) is 0 Å². The van der Waals surface area contributed by atoms with Gasteiger partial charge in [0.05, 0.1) is 3.57 Å². The Morgan fingerprint density at radius 3 is 3.00 bits per heavy atom. The van der Waals surface area contributed by atoms with Crippen LogP contribution in [0.4, 0.5) is 0 Å². The summed E-state index contributed by atoms with van der Waals surface area (Å²) in [5.41, 5.74) is -0.163. The maximum atomic E-state index is 10.8. The first-order valence-electron chi connectivity index (χ1n) is 2.53. The van der Waals surface area contributed by atoms with Crippen LogP contribution in [-0.4, -0.2) is 16.2 Å². The quantitative estimate of drug-likeness (QED) is 0.471. The van der Waals surface area contributed by atoms with E-state index >= 15 is 0 Å². The second-order valence-corrected chi connectivity index (χ2v) is 3.52. The summed E-state index contributed by atoms with van der Waals surface area (Å²) in [6.45, 7) is 0. The molecule has 0 bridgehead atoms. The Bertz CT molecular complexity index is 285. The molecule has 0 fully saturated rings. The summed E-state index contributed by atoms with van der Waals surface area (Å²) in [7, 11) is 0. The van der Waals surface area contributed by atoms with Crippen molar-refractivity contribution >= 4 is 34.4 Å². The van der Waals surface area contributed by atoms with Gasteiger partial charge in [-0.05, 0) is 28.8 Å². The summed E-state index contributed by atoms with van der Waals surface area (Å²) in [6, 6.07) is 0. The molecule has 0 aliphatic heterocycles. The number of halogens is 1. The first-order chi connectivity index (χ1) is 4.74. The molecule has 1 heterocycles. The Balaban J connectivity index is 3.17. The minimum absolute atomic E-state index is 0.163. The highest BCUT2D eigenvalue weighted by molar-refractivity contribution is 14.1. The van der Waals surface area contributed by atoms with Crippen molar-refractivity contribution in [2.75, 3.05) is 6.26 Å². The van der Waals surface area contributed by atoms with Gasteiger partial charge in [-0.2, -0.15) is 4.98 Å². The van der Waals surface area contributed by atoms with E-state index in [9.17, 15) is 4.79 Å². The molecule has 0 radical (unpaired) electrons. The molecule has 0 unspecified atom stereocenters. The zero-order valence-corrected chi connectivity index (χ0v) is 8.19. The summed E-state index contributed by atoms with van der Waals surface area (Å²) in [4.78, 5) is 17.5. The summed E-state index contributed by atoms with van der Waals surface area (Å²) < 4.78 is 0.621. The van der Waals surface area contributed by atoms with Crippen LogP contribution in [0, 0.1) is 3.57 Å². The van der Waals surface area contributed by atoms with Crippen molar-refractivity contribution in [1.29, 1.82) is 0 Å². The number of hydrogen-bond acceptors (Lipinski definition) is 3. The van der Waals surface area contributed by atoms with E-state index < -0.39 is 0 Å². The predicted octanol–water partition coefficient (Wildman–Crippen LogP) is 1.10. The summed E-state index contributed by atoms with van der Waals surface area (Å²) in [5.74, 6) is 0. The maximum Gasteiger partial charge on any atom is 0.287 e. The Labute approximate surface area is 75.8 Å². The van der Waals surface area contributed by atoms with E-state index in [2.05, 4.69) is 9.97 Å². The van der Waals surface area contributed by atoms with Gasteiger partial charge >= 0.3 is 0 Å². The monoisotopic (exact) mass is 268 g/mol. The molecule has 5 heteroatoms. The topological polar surface area (TPSA) is 45.8 Å². The van der Waals surface area contributed by atoms with Crippen LogP contribution in [0.1, 0.15) is 0 Å². The van der Waals surface area contributed by atoms with Crippen LogP contribution in [0.5, 0.6) is 0 Å².